The van der Waals surface area contributed by atoms with Crippen LogP contribution < -0.4 is 0 Å². The van der Waals surface area contributed by atoms with Crippen molar-refractivity contribution in [1.82, 2.24) is 4.90 Å². The average molecular weight is 319 g/mol. The molecule has 0 spiro atoms. The summed E-state index contributed by atoms with van der Waals surface area (Å²) >= 11 is 0. The molecule has 0 aliphatic rings. The third kappa shape index (κ3) is 5.08. The summed E-state index contributed by atoms with van der Waals surface area (Å²) < 4.78 is 4.81. The summed E-state index contributed by atoms with van der Waals surface area (Å²) in [4.78, 5) is 26.5. The van der Waals surface area contributed by atoms with Gasteiger partial charge in [0.15, 0.2) is 0 Å². The van der Waals surface area contributed by atoms with Crippen LogP contribution in [0.15, 0.2) is 30.3 Å². The van der Waals surface area contributed by atoms with Crippen LogP contribution >= 0.6 is 0 Å². The van der Waals surface area contributed by atoms with Gasteiger partial charge in [-0.15, -0.1) is 0 Å². The van der Waals surface area contributed by atoms with Gasteiger partial charge in [0, 0.05) is 12.5 Å². The molecule has 1 aromatic carbocycles. The summed E-state index contributed by atoms with van der Waals surface area (Å²) in [5, 5.41) is 0. The summed E-state index contributed by atoms with van der Waals surface area (Å²) in [6, 6.07) is 9.85. The molecular formula is C19H29NO3. The minimum Gasteiger partial charge on any atom is -0.469 e. The molecule has 0 bridgehead atoms. The first kappa shape index (κ1) is 19.2. The second-order valence-electron chi connectivity index (χ2n) is 6.01. The molecule has 0 aliphatic carbocycles. The fourth-order valence-electron chi connectivity index (χ4n) is 2.79. The molecule has 128 valence electrons. The lowest BCUT2D eigenvalue weighted by molar-refractivity contribution is -0.148. The number of ether oxygens (including phenoxy) is 1. The molecule has 4 nitrogen and oxygen atoms in total. The highest BCUT2D eigenvalue weighted by atomic mass is 16.5. The standard InChI is InChI=1S/C19H29NO3/c1-6-16(7-2)18(21)20(13-14(3)19(22)23-5)15(4)17-11-9-8-10-12-17/h8-12,14-16H,6-7,13H2,1-5H3. The Morgan fingerprint density at radius 1 is 1.09 bits per heavy atom. The third-order valence-corrected chi connectivity index (χ3v) is 4.44. The van der Waals surface area contributed by atoms with Crippen molar-refractivity contribution in [3.05, 3.63) is 35.9 Å². The fraction of sp³-hybridized carbons (Fsp3) is 0.579. The van der Waals surface area contributed by atoms with Crippen LogP contribution in [0.4, 0.5) is 0 Å². The van der Waals surface area contributed by atoms with Crippen molar-refractivity contribution in [2.24, 2.45) is 11.8 Å². The number of carbonyl (C=O) groups excluding carboxylic acids is 2. The van der Waals surface area contributed by atoms with E-state index in [4.69, 9.17) is 4.74 Å². The van der Waals surface area contributed by atoms with Gasteiger partial charge in [-0.2, -0.15) is 0 Å². The van der Waals surface area contributed by atoms with E-state index >= 15 is 0 Å². The van der Waals surface area contributed by atoms with Gasteiger partial charge >= 0.3 is 5.97 Å². The highest BCUT2D eigenvalue weighted by Crippen LogP contribution is 2.25. The molecule has 2 atom stereocenters. The van der Waals surface area contributed by atoms with Crippen LogP contribution in [0.5, 0.6) is 0 Å². The van der Waals surface area contributed by atoms with Gasteiger partial charge in [0.2, 0.25) is 5.91 Å². The molecule has 2 unspecified atom stereocenters. The molecule has 4 heteroatoms. The Morgan fingerprint density at radius 3 is 2.13 bits per heavy atom. The number of amides is 1. The second-order valence-corrected chi connectivity index (χ2v) is 6.01. The molecule has 23 heavy (non-hydrogen) atoms. The Kier molecular flexibility index (Phi) is 7.79. The van der Waals surface area contributed by atoms with Crippen molar-refractivity contribution < 1.29 is 14.3 Å². The van der Waals surface area contributed by atoms with Crippen molar-refractivity contribution in [3.63, 3.8) is 0 Å². The van der Waals surface area contributed by atoms with E-state index in [2.05, 4.69) is 0 Å². The number of carbonyl (C=O) groups is 2. The van der Waals surface area contributed by atoms with Crippen LogP contribution in [0, 0.1) is 11.8 Å². The monoisotopic (exact) mass is 319 g/mol. The highest BCUT2D eigenvalue weighted by Gasteiger charge is 2.29. The van der Waals surface area contributed by atoms with Crippen molar-refractivity contribution >= 4 is 11.9 Å². The number of methoxy groups -OCH3 is 1. The third-order valence-electron chi connectivity index (χ3n) is 4.44. The minimum absolute atomic E-state index is 0.00832. The predicted molar refractivity (Wildman–Crippen MR) is 91.8 cm³/mol. The topological polar surface area (TPSA) is 46.6 Å². The second kappa shape index (κ2) is 9.33. The van der Waals surface area contributed by atoms with E-state index in [9.17, 15) is 9.59 Å². The van der Waals surface area contributed by atoms with E-state index in [0.717, 1.165) is 18.4 Å². The van der Waals surface area contributed by atoms with Crippen LogP contribution in [0.3, 0.4) is 0 Å². The van der Waals surface area contributed by atoms with Crippen LogP contribution in [0.25, 0.3) is 0 Å². The van der Waals surface area contributed by atoms with Gasteiger partial charge in [0.1, 0.15) is 0 Å². The fourth-order valence-corrected chi connectivity index (χ4v) is 2.79. The normalized spacial score (nSPS) is 13.5. The number of hydrogen-bond donors (Lipinski definition) is 0. The highest BCUT2D eigenvalue weighted by molar-refractivity contribution is 5.80. The lowest BCUT2D eigenvalue weighted by atomic mass is 9.97. The van der Waals surface area contributed by atoms with Crippen molar-refractivity contribution in [3.8, 4) is 0 Å². The summed E-state index contributed by atoms with van der Waals surface area (Å²) in [6.07, 6.45) is 1.61. The van der Waals surface area contributed by atoms with E-state index in [0.29, 0.717) is 6.54 Å². The Hall–Kier alpha value is -1.84. The first-order chi connectivity index (χ1) is 11.0. The molecule has 0 radical (unpaired) electrons. The van der Waals surface area contributed by atoms with Crippen molar-refractivity contribution in [1.29, 1.82) is 0 Å². The zero-order valence-electron chi connectivity index (χ0n) is 14.9. The van der Waals surface area contributed by atoms with Crippen LogP contribution in [-0.2, 0) is 14.3 Å². The summed E-state index contributed by atoms with van der Waals surface area (Å²) in [6.45, 7) is 8.25. The molecule has 0 saturated carbocycles. The Bertz CT molecular complexity index is 497. The summed E-state index contributed by atoms with van der Waals surface area (Å²) in [5.74, 6) is -0.523. The zero-order chi connectivity index (χ0) is 17.4. The van der Waals surface area contributed by atoms with Crippen LogP contribution in [0.1, 0.15) is 52.1 Å². The SMILES string of the molecule is CCC(CC)C(=O)N(CC(C)C(=O)OC)C(C)c1ccccc1. The van der Waals surface area contributed by atoms with Gasteiger partial charge in [-0.25, -0.2) is 0 Å². The van der Waals surface area contributed by atoms with E-state index in [-0.39, 0.29) is 29.8 Å². The van der Waals surface area contributed by atoms with Gasteiger partial charge < -0.3 is 9.64 Å². The molecule has 1 rings (SSSR count). The van der Waals surface area contributed by atoms with Gasteiger partial charge in [0.05, 0.1) is 19.1 Å². The zero-order valence-corrected chi connectivity index (χ0v) is 14.9. The Morgan fingerprint density at radius 2 is 1.65 bits per heavy atom. The average Bonchev–Trinajstić information content (AvgIpc) is 2.59. The van der Waals surface area contributed by atoms with Crippen molar-refractivity contribution in [2.45, 2.75) is 46.6 Å². The van der Waals surface area contributed by atoms with Crippen LogP contribution in [0.2, 0.25) is 0 Å². The van der Waals surface area contributed by atoms with Gasteiger partial charge in [-0.1, -0.05) is 51.1 Å². The number of hydrogen-bond acceptors (Lipinski definition) is 3. The molecule has 1 aromatic rings. The Labute approximate surface area is 139 Å². The molecule has 0 saturated heterocycles. The van der Waals surface area contributed by atoms with E-state index in [1.54, 1.807) is 6.92 Å². The summed E-state index contributed by atoms with van der Waals surface area (Å²) in [7, 11) is 1.38. The predicted octanol–water partition coefficient (Wildman–Crippen LogP) is 3.82. The van der Waals surface area contributed by atoms with E-state index < -0.39 is 0 Å². The lowest BCUT2D eigenvalue weighted by Gasteiger charge is -2.34. The maximum Gasteiger partial charge on any atom is 0.310 e. The molecule has 0 aromatic heterocycles. The first-order valence-corrected chi connectivity index (χ1v) is 8.39. The molecule has 0 heterocycles. The molecule has 0 aliphatic heterocycles. The maximum atomic E-state index is 12.9. The van der Waals surface area contributed by atoms with E-state index in [1.165, 1.54) is 7.11 Å². The number of benzene rings is 1. The van der Waals surface area contributed by atoms with E-state index in [1.807, 2.05) is 56.0 Å². The maximum absolute atomic E-state index is 12.9. The largest absolute Gasteiger partial charge is 0.469 e. The number of rotatable bonds is 8. The number of nitrogens with zero attached hydrogens (tertiary/aromatic N) is 1. The first-order valence-electron chi connectivity index (χ1n) is 8.39. The van der Waals surface area contributed by atoms with Crippen LogP contribution in [-0.4, -0.2) is 30.4 Å². The Balaban J connectivity index is 3.05. The van der Waals surface area contributed by atoms with Crippen molar-refractivity contribution in [2.75, 3.05) is 13.7 Å². The number of esters is 1. The quantitative estimate of drug-likeness (QED) is 0.684. The molecule has 0 N–H and O–H groups in total. The molecule has 1 amide bonds. The van der Waals surface area contributed by atoms with Gasteiger partial charge in [-0.3, -0.25) is 9.59 Å². The summed E-state index contributed by atoms with van der Waals surface area (Å²) in [5.41, 5.74) is 1.07. The van der Waals surface area contributed by atoms with Gasteiger partial charge in [0.25, 0.3) is 0 Å². The minimum atomic E-state index is -0.343. The molecule has 0 fully saturated rings. The van der Waals surface area contributed by atoms with Gasteiger partial charge in [-0.05, 0) is 25.3 Å². The smallest absolute Gasteiger partial charge is 0.310 e. The lowest BCUT2D eigenvalue weighted by Crippen LogP contribution is -2.42. The molecular weight excluding hydrogens is 290 g/mol.